The molecule has 18 heavy (non-hydrogen) atoms. The number of aromatic carboxylic acids is 1. The standard InChI is InChI=1S/C14H15NO2S/c1-9-7-13(14(16)17)10(2)15(9)11-5-4-6-12(8-11)18-3/h4-8H,1-3H3,(H,16,17). The summed E-state index contributed by atoms with van der Waals surface area (Å²) in [7, 11) is 0. The van der Waals surface area contributed by atoms with E-state index in [1.54, 1.807) is 17.8 Å². The molecule has 0 spiro atoms. The van der Waals surface area contributed by atoms with Gasteiger partial charge in [0.25, 0.3) is 0 Å². The number of benzene rings is 1. The van der Waals surface area contributed by atoms with Crippen LogP contribution in [-0.4, -0.2) is 21.9 Å². The van der Waals surface area contributed by atoms with Crippen LogP contribution in [0.1, 0.15) is 21.7 Å². The third-order valence-electron chi connectivity index (χ3n) is 2.97. The van der Waals surface area contributed by atoms with Crippen LogP contribution in [-0.2, 0) is 0 Å². The highest BCUT2D eigenvalue weighted by molar-refractivity contribution is 7.98. The van der Waals surface area contributed by atoms with Gasteiger partial charge in [0.05, 0.1) is 5.56 Å². The van der Waals surface area contributed by atoms with Crippen LogP contribution >= 0.6 is 11.8 Å². The zero-order valence-corrected chi connectivity index (χ0v) is 11.4. The van der Waals surface area contributed by atoms with Crippen molar-refractivity contribution >= 4 is 17.7 Å². The molecule has 94 valence electrons. The number of thioether (sulfide) groups is 1. The molecule has 0 amide bonds. The minimum Gasteiger partial charge on any atom is -0.478 e. The summed E-state index contributed by atoms with van der Waals surface area (Å²) in [5.74, 6) is -0.879. The van der Waals surface area contributed by atoms with Crippen molar-refractivity contribution in [1.82, 2.24) is 4.57 Å². The van der Waals surface area contributed by atoms with E-state index in [1.807, 2.05) is 42.9 Å². The molecule has 0 radical (unpaired) electrons. The quantitative estimate of drug-likeness (QED) is 0.860. The van der Waals surface area contributed by atoms with E-state index in [4.69, 9.17) is 5.11 Å². The van der Waals surface area contributed by atoms with Crippen molar-refractivity contribution < 1.29 is 9.90 Å². The van der Waals surface area contributed by atoms with Crippen molar-refractivity contribution in [3.8, 4) is 5.69 Å². The van der Waals surface area contributed by atoms with E-state index in [1.165, 1.54) is 0 Å². The summed E-state index contributed by atoms with van der Waals surface area (Å²) in [5, 5.41) is 9.13. The van der Waals surface area contributed by atoms with Gasteiger partial charge in [-0.25, -0.2) is 4.79 Å². The Morgan fingerprint density at radius 3 is 2.56 bits per heavy atom. The van der Waals surface area contributed by atoms with Gasteiger partial charge < -0.3 is 9.67 Å². The second-order valence-electron chi connectivity index (χ2n) is 4.13. The van der Waals surface area contributed by atoms with Crippen LogP contribution < -0.4 is 0 Å². The van der Waals surface area contributed by atoms with Gasteiger partial charge in [0, 0.05) is 22.0 Å². The first-order valence-corrected chi connectivity index (χ1v) is 6.83. The maximum absolute atomic E-state index is 11.1. The van der Waals surface area contributed by atoms with Gasteiger partial charge >= 0.3 is 5.97 Å². The molecule has 1 heterocycles. The summed E-state index contributed by atoms with van der Waals surface area (Å²) < 4.78 is 1.98. The molecule has 3 nitrogen and oxygen atoms in total. The monoisotopic (exact) mass is 261 g/mol. The van der Waals surface area contributed by atoms with E-state index < -0.39 is 5.97 Å². The van der Waals surface area contributed by atoms with Gasteiger partial charge in [-0.05, 0) is 44.4 Å². The largest absolute Gasteiger partial charge is 0.478 e. The molecule has 2 aromatic rings. The fourth-order valence-electron chi connectivity index (χ4n) is 2.13. The molecule has 4 heteroatoms. The van der Waals surface area contributed by atoms with Gasteiger partial charge in [0.15, 0.2) is 0 Å². The van der Waals surface area contributed by atoms with Gasteiger partial charge in [0.1, 0.15) is 0 Å². The molecule has 0 saturated heterocycles. The molecule has 0 aliphatic carbocycles. The Morgan fingerprint density at radius 1 is 1.28 bits per heavy atom. The second-order valence-corrected chi connectivity index (χ2v) is 5.01. The summed E-state index contributed by atoms with van der Waals surface area (Å²) >= 11 is 1.67. The topological polar surface area (TPSA) is 42.2 Å². The summed E-state index contributed by atoms with van der Waals surface area (Å²) in [6, 6.07) is 9.80. The number of aryl methyl sites for hydroxylation is 1. The molecular weight excluding hydrogens is 246 g/mol. The molecule has 1 aromatic carbocycles. The van der Waals surface area contributed by atoms with E-state index >= 15 is 0 Å². The van der Waals surface area contributed by atoms with Crippen molar-refractivity contribution in [2.75, 3.05) is 6.26 Å². The number of hydrogen-bond donors (Lipinski definition) is 1. The van der Waals surface area contributed by atoms with Crippen molar-refractivity contribution in [3.63, 3.8) is 0 Å². The highest BCUT2D eigenvalue weighted by Crippen LogP contribution is 2.24. The van der Waals surface area contributed by atoms with Crippen molar-refractivity contribution in [2.45, 2.75) is 18.7 Å². The van der Waals surface area contributed by atoms with E-state index in [2.05, 4.69) is 6.07 Å². The van der Waals surface area contributed by atoms with Crippen LogP contribution in [0.15, 0.2) is 35.2 Å². The van der Waals surface area contributed by atoms with E-state index in [0.717, 1.165) is 22.0 Å². The number of hydrogen-bond acceptors (Lipinski definition) is 2. The van der Waals surface area contributed by atoms with Crippen LogP contribution in [0.5, 0.6) is 0 Å². The summed E-state index contributed by atoms with van der Waals surface area (Å²) in [5.41, 5.74) is 3.06. The average Bonchev–Trinajstić information content (AvgIpc) is 2.65. The van der Waals surface area contributed by atoms with Crippen LogP contribution in [0.25, 0.3) is 5.69 Å². The minimum atomic E-state index is -0.879. The number of carboxylic acid groups (broad SMARTS) is 1. The van der Waals surface area contributed by atoms with Gasteiger partial charge in [-0.3, -0.25) is 0 Å². The Bertz CT molecular complexity index is 602. The number of carboxylic acids is 1. The van der Waals surface area contributed by atoms with E-state index in [-0.39, 0.29) is 0 Å². The normalized spacial score (nSPS) is 10.6. The molecule has 0 bridgehead atoms. The third-order valence-corrected chi connectivity index (χ3v) is 3.70. The molecule has 0 atom stereocenters. The molecule has 0 fully saturated rings. The fourth-order valence-corrected chi connectivity index (χ4v) is 2.58. The maximum atomic E-state index is 11.1. The minimum absolute atomic E-state index is 0.363. The predicted molar refractivity (Wildman–Crippen MR) is 74.0 cm³/mol. The van der Waals surface area contributed by atoms with Gasteiger partial charge in [-0.2, -0.15) is 0 Å². The van der Waals surface area contributed by atoms with Crippen molar-refractivity contribution in [3.05, 3.63) is 47.3 Å². The molecule has 0 aliphatic heterocycles. The third kappa shape index (κ3) is 2.16. The summed E-state index contributed by atoms with van der Waals surface area (Å²) in [6.45, 7) is 3.76. The van der Waals surface area contributed by atoms with Crippen molar-refractivity contribution in [1.29, 1.82) is 0 Å². The van der Waals surface area contributed by atoms with Crippen LogP contribution in [0.4, 0.5) is 0 Å². The lowest BCUT2D eigenvalue weighted by Crippen LogP contribution is -2.02. The molecule has 0 saturated carbocycles. The Balaban J connectivity index is 2.60. The highest BCUT2D eigenvalue weighted by atomic mass is 32.2. The lowest BCUT2D eigenvalue weighted by molar-refractivity contribution is 0.0696. The lowest BCUT2D eigenvalue weighted by atomic mass is 10.2. The zero-order valence-electron chi connectivity index (χ0n) is 10.6. The summed E-state index contributed by atoms with van der Waals surface area (Å²) in [4.78, 5) is 12.3. The van der Waals surface area contributed by atoms with Crippen molar-refractivity contribution in [2.24, 2.45) is 0 Å². The molecule has 0 aliphatic rings. The first-order chi connectivity index (χ1) is 8.54. The van der Waals surface area contributed by atoms with E-state index in [9.17, 15) is 4.79 Å². The number of carbonyl (C=O) groups is 1. The van der Waals surface area contributed by atoms with Crippen LogP contribution in [0.3, 0.4) is 0 Å². The van der Waals surface area contributed by atoms with E-state index in [0.29, 0.717) is 5.56 Å². The summed E-state index contributed by atoms with van der Waals surface area (Å²) in [6.07, 6.45) is 2.02. The lowest BCUT2D eigenvalue weighted by Gasteiger charge is -2.10. The fraction of sp³-hybridized carbons (Fsp3) is 0.214. The van der Waals surface area contributed by atoms with Gasteiger partial charge in [-0.1, -0.05) is 6.07 Å². The molecule has 1 aromatic heterocycles. The van der Waals surface area contributed by atoms with Gasteiger partial charge in [-0.15, -0.1) is 11.8 Å². The second kappa shape index (κ2) is 4.90. The smallest absolute Gasteiger partial charge is 0.337 e. The number of rotatable bonds is 3. The highest BCUT2D eigenvalue weighted by Gasteiger charge is 2.15. The number of aromatic nitrogens is 1. The Kier molecular flexibility index (Phi) is 3.48. The molecule has 2 rings (SSSR count). The van der Waals surface area contributed by atoms with Gasteiger partial charge in [0.2, 0.25) is 0 Å². The first-order valence-electron chi connectivity index (χ1n) is 5.61. The zero-order chi connectivity index (χ0) is 13.3. The maximum Gasteiger partial charge on any atom is 0.337 e. The average molecular weight is 261 g/mol. The molecular formula is C14H15NO2S. The van der Waals surface area contributed by atoms with Crippen LogP contribution in [0.2, 0.25) is 0 Å². The number of nitrogens with zero attached hydrogens (tertiary/aromatic N) is 1. The SMILES string of the molecule is CSc1cccc(-n2c(C)cc(C(=O)O)c2C)c1. The predicted octanol–water partition coefficient (Wildman–Crippen LogP) is 3.51. The Morgan fingerprint density at radius 2 is 2.00 bits per heavy atom. The molecule has 1 N–H and O–H groups in total. The Labute approximate surface area is 110 Å². The first kappa shape index (κ1) is 12.8. The Hall–Kier alpha value is -1.68. The molecule has 0 unspecified atom stereocenters. The van der Waals surface area contributed by atoms with Crippen LogP contribution in [0, 0.1) is 13.8 Å².